The molecular weight excluding hydrogens is 563 g/mol. The predicted octanol–water partition coefficient (Wildman–Crippen LogP) is 4.81. The molecule has 2 aromatic heterocycles. The van der Waals surface area contributed by atoms with E-state index in [2.05, 4.69) is 37.4 Å². The number of anilines is 4. The smallest absolute Gasteiger partial charge is 0.270 e. The number of carbonyl (C=O) groups is 2. The molecule has 3 N–H and O–H groups in total. The quantitative estimate of drug-likeness (QED) is 0.235. The van der Waals surface area contributed by atoms with E-state index in [1.165, 1.54) is 11.0 Å². The molecule has 11 nitrogen and oxygen atoms in total. The van der Waals surface area contributed by atoms with Crippen molar-refractivity contribution in [1.82, 2.24) is 24.8 Å². The first-order chi connectivity index (χ1) is 21.1. The van der Waals surface area contributed by atoms with Crippen LogP contribution in [-0.4, -0.2) is 78.6 Å². The Hall–Kier alpha value is -4.97. The number of nitrogens with zero attached hydrogens (tertiary/aromatic N) is 5. The number of rotatable bonds is 9. The number of methoxy groups -OCH3 is 1. The molecule has 4 aromatic rings. The van der Waals surface area contributed by atoms with Gasteiger partial charge in [-0.1, -0.05) is 18.7 Å². The Morgan fingerprint density at radius 3 is 2.55 bits per heavy atom. The number of halogens is 1. The Bertz CT molecular complexity index is 1730. The van der Waals surface area contributed by atoms with Crippen LogP contribution in [0.5, 0.6) is 5.75 Å². The van der Waals surface area contributed by atoms with Crippen molar-refractivity contribution < 1.29 is 18.7 Å². The molecule has 0 saturated carbocycles. The number of amides is 2. The van der Waals surface area contributed by atoms with Gasteiger partial charge in [0.2, 0.25) is 11.9 Å². The number of ether oxygens (including phenoxy) is 1. The molecule has 44 heavy (non-hydrogen) atoms. The normalized spacial score (nSPS) is 13.2. The molecule has 1 fully saturated rings. The monoisotopic (exact) mass is 600 g/mol. The third-order valence-corrected chi connectivity index (χ3v) is 7.47. The van der Waals surface area contributed by atoms with Crippen LogP contribution in [-0.2, 0) is 4.79 Å². The lowest BCUT2D eigenvalue weighted by Crippen LogP contribution is -2.43. The van der Waals surface area contributed by atoms with Crippen LogP contribution in [0.25, 0.3) is 22.2 Å². The zero-order valence-corrected chi connectivity index (χ0v) is 25.6. The summed E-state index contributed by atoms with van der Waals surface area (Å²) in [5.74, 6) is -0.425. The third kappa shape index (κ3) is 6.06. The molecule has 12 heteroatoms. The Kier molecular flexibility index (Phi) is 8.81. The zero-order valence-electron chi connectivity index (χ0n) is 25.6. The lowest BCUT2D eigenvalue weighted by atomic mass is 10.1. The molecule has 5 rings (SSSR count). The first-order valence-electron chi connectivity index (χ1n) is 14.4. The maximum Gasteiger partial charge on any atom is 0.270 e. The van der Waals surface area contributed by atoms with Crippen molar-refractivity contribution in [2.45, 2.75) is 19.9 Å². The molecule has 1 aliphatic heterocycles. The second kappa shape index (κ2) is 12.7. The van der Waals surface area contributed by atoms with Gasteiger partial charge in [-0.25, -0.2) is 14.4 Å². The Morgan fingerprint density at radius 1 is 1.14 bits per heavy atom. The fraction of sp³-hybridized carbons (Fsp3) is 0.312. The molecule has 0 atom stereocenters. The van der Waals surface area contributed by atoms with Crippen molar-refractivity contribution in [3.63, 3.8) is 0 Å². The van der Waals surface area contributed by atoms with Gasteiger partial charge >= 0.3 is 0 Å². The van der Waals surface area contributed by atoms with Crippen molar-refractivity contribution >= 4 is 45.7 Å². The topological polar surface area (TPSA) is 117 Å². The zero-order chi connectivity index (χ0) is 31.5. The molecule has 0 bridgehead atoms. The summed E-state index contributed by atoms with van der Waals surface area (Å²) in [6.07, 6.45) is 2.32. The molecular formula is C32H37FN8O3. The van der Waals surface area contributed by atoms with Gasteiger partial charge in [0.15, 0.2) is 5.82 Å². The molecule has 1 saturated heterocycles. The Morgan fingerprint density at radius 2 is 1.89 bits per heavy atom. The van der Waals surface area contributed by atoms with Gasteiger partial charge in [-0.3, -0.25) is 9.59 Å². The first-order valence-corrected chi connectivity index (χ1v) is 14.4. The van der Waals surface area contributed by atoms with Crippen molar-refractivity contribution in [2.75, 3.05) is 62.9 Å². The number of aromatic nitrogens is 3. The number of carbonyl (C=O) groups excluding carboxylic acids is 2. The van der Waals surface area contributed by atoms with Gasteiger partial charge < -0.3 is 35.1 Å². The van der Waals surface area contributed by atoms with E-state index in [-0.39, 0.29) is 29.5 Å². The van der Waals surface area contributed by atoms with E-state index in [0.29, 0.717) is 28.4 Å². The van der Waals surface area contributed by atoms with Gasteiger partial charge in [0.1, 0.15) is 17.1 Å². The minimum atomic E-state index is -0.595. The highest BCUT2D eigenvalue weighted by Gasteiger charge is 2.22. The van der Waals surface area contributed by atoms with Gasteiger partial charge in [-0.15, -0.1) is 0 Å². The molecule has 0 aliphatic carbocycles. The summed E-state index contributed by atoms with van der Waals surface area (Å²) in [7, 11) is 4.98. The molecule has 0 unspecified atom stereocenters. The highest BCUT2D eigenvalue weighted by molar-refractivity contribution is 6.02. The highest BCUT2D eigenvalue weighted by Crippen LogP contribution is 2.39. The lowest BCUT2D eigenvalue weighted by Gasteiger charge is -2.31. The third-order valence-electron chi connectivity index (χ3n) is 7.47. The Labute approximate surface area is 255 Å². The molecule has 230 valence electrons. The number of hydrogen-bond acceptors (Lipinski definition) is 8. The maximum atomic E-state index is 15.2. The van der Waals surface area contributed by atoms with E-state index >= 15 is 4.39 Å². The van der Waals surface area contributed by atoms with E-state index in [9.17, 15) is 9.59 Å². The lowest BCUT2D eigenvalue weighted by molar-refractivity contribution is -0.111. The minimum absolute atomic E-state index is 0.0125. The summed E-state index contributed by atoms with van der Waals surface area (Å²) >= 11 is 0. The van der Waals surface area contributed by atoms with Crippen LogP contribution in [0.4, 0.5) is 27.4 Å². The van der Waals surface area contributed by atoms with Crippen molar-refractivity contribution in [3.8, 4) is 17.0 Å². The second-order valence-corrected chi connectivity index (χ2v) is 11.0. The average Bonchev–Trinajstić information content (AvgIpc) is 3.41. The van der Waals surface area contributed by atoms with Crippen LogP contribution in [0.15, 0.2) is 55.3 Å². The van der Waals surface area contributed by atoms with Crippen molar-refractivity contribution in [1.29, 1.82) is 0 Å². The van der Waals surface area contributed by atoms with Gasteiger partial charge in [0, 0.05) is 68.8 Å². The molecule has 0 spiro atoms. The molecule has 2 amide bonds. The number of piperazine rings is 1. The first kappa shape index (κ1) is 30.5. The largest absolute Gasteiger partial charge is 0.494 e. The minimum Gasteiger partial charge on any atom is -0.494 e. The highest BCUT2D eigenvalue weighted by atomic mass is 19.1. The van der Waals surface area contributed by atoms with Crippen LogP contribution < -0.4 is 25.6 Å². The number of hydrogen-bond donors (Lipinski definition) is 3. The summed E-state index contributed by atoms with van der Waals surface area (Å²) < 4.78 is 22.9. The van der Waals surface area contributed by atoms with E-state index in [0.717, 1.165) is 49.0 Å². The molecule has 2 aromatic carbocycles. The summed E-state index contributed by atoms with van der Waals surface area (Å²) in [6, 6.07) is 10.9. The van der Waals surface area contributed by atoms with E-state index in [1.807, 2.05) is 42.7 Å². The van der Waals surface area contributed by atoms with Gasteiger partial charge in [-0.2, -0.15) is 0 Å². The van der Waals surface area contributed by atoms with Crippen LogP contribution in [0, 0.1) is 5.82 Å². The van der Waals surface area contributed by atoms with E-state index < -0.39 is 5.82 Å². The summed E-state index contributed by atoms with van der Waals surface area (Å²) in [5, 5.41) is 10.2. The van der Waals surface area contributed by atoms with Crippen molar-refractivity contribution in [3.05, 3.63) is 66.8 Å². The second-order valence-electron chi connectivity index (χ2n) is 11.0. The fourth-order valence-corrected chi connectivity index (χ4v) is 5.36. The summed E-state index contributed by atoms with van der Waals surface area (Å²) in [6.45, 7) is 10.7. The van der Waals surface area contributed by atoms with Crippen LogP contribution in [0.2, 0.25) is 0 Å². The van der Waals surface area contributed by atoms with Crippen LogP contribution in [0.1, 0.15) is 30.4 Å². The fourth-order valence-electron chi connectivity index (χ4n) is 5.36. The predicted molar refractivity (Wildman–Crippen MR) is 172 cm³/mol. The number of benzene rings is 2. The molecule has 0 radical (unpaired) electrons. The molecule has 3 heterocycles. The average molecular weight is 601 g/mol. The summed E-state index contributed by atoms with van der Waals surface area (Å²) in [4.78, 5) is 37.6. The maximum absolute atomic E-state index is 15.2. The standard InChI is InChI=1S/C32H37FN8O3/c1-7-29(42)36-23-16-24(28(44-6)17-26(23)40-12-10-34-11-13-40)37-32-35-18-22(33)30(38-32)21-9-8-20-14-27(31(43)39(4)5)41(19(2)3)25(20)15-21/h7-9,14-19,34H,1,10-13H2,2-6H3,(H,36,42)(H,35,37,38). The molecule has 1 aliphatic rings. The van der Waals surface area contributed by atoms with E-state index in [4.69, 9.17) is 4.74 Å². The Balaban J connectivity index is 1.54. The van der Waals surface area contributed by atoms with Gasteiger partial charge in [0.25, 0.3) is 5.91 Å². The van der Waals surface area contributed by atoms with Gasteiger partial charge in [-0.05, 0) is 38.1 Å². The van der Waals surface area contributed by atoms with Crippen LogP contribution >= 0.6 is 0 Å². The summed E-state index contributed by atoms with van der Waals surface area (Å²) in [5.41, 5.74) is 3.83. The SMILES string of the molecule is C=CC(=O)Nc1cc(Nc2ncc(F)c(-c3ccc4cc(C(=O)N(C)C)n(C(C)C)c4c3)n2)c(OC)cc1N1CCNCC1. The van der Waals surface area contributed by atoms with E-state index in [1.54, 1.807) is 33.3 Å². The van der Waals surface area contributed by atoms with Gasteiger partial charge in [0.05, 0.1) is 30.4 Å². The van der Waals surface area contributed by atoms with Crippen molar-refractivity contribution in [2.24, 2.45) is 0 Å². The van der Waals surface area contributed by atoms with Crippen LogP contribution in [0.3, 0.4) is 0 Å². The number of nitrogens with one attached hydrogen (secondary N) is 3. The number of fused-ring (bicyclic) bond motifs is 1.